The minimum Gasteiger partial charge on any atom is -0.491 e. The van der Waals surface area contributed by atoms with Gasteiger partial charge in [-0.1, -0.05) is 19.9 Å². The van der Waals surface area contributed by atoms with Crippen molar-refractivity contribution in [1.29, 1.82) is 0 Å². The number of fused-ring (bicyclic) bond motifs is 1. The minimum absolute atomic E-state index is 0.0599. The third kappa shape index (κ3) is 7.41. The molecule has 1 aromatic carbocycles. The van der Waals surface area contributed by atoms with Crippen LogP contribution in [0.1, 0.15) is 43.2 Å². The van der Waals surface area contributed by atoms with Crippen LogP contribution in [0.15, 0.2) is 42.6 Å². The Morgan fingerprint density at radius 1 is 1.22 bits per heavy atom. The number of urea groups is 1. The molecule has 0 saturated heterocycles. The van der Waals surface area contributed by atoms with E-state index in [0.717, 1.165) is 18.7 Å². The SMILES string of the molecule is CCCNC(=O)Nc1ccc2c(c1)C(=O)N(C)C[C@H](OC)[C@@H](C)CN(Cc1ccccn1)[C@@H](C)CO2. The first-order valence-corrected chi connectivity index (χ1v) is 12.6. The van der Waals surface area contributed by atoms with Crippen LogP contribution in [-0.4, -0.2) is 79.3 Å². The van der Waals surface area contributed by atoms with Gasteiger partial charge in [0.15, 0.2) is 0 Å². The van der Waals surface area contributed by atoms with Crippen LogP contribution in [0.25, 0.3) is 0 Å². The van der Waals surface area contributed by atoms with Crippen LogP contribution in [0, 0.1) is 5.92 Å². The molecule has 9 heteroatoms. The van der Waals surface area contributed by atoms with Crippen molar-refractivity contribution < 1.29 is 19.1 Å². The van der Waals surface area contributed by atoms with Gasteiger partial charge in [0.05, 0.1) is 17.4 Å². The number of methoxy groups -OCH3 is 1. The summed E-state index contributed by atoms with van der Waals surface area (Å²) in [5.41, 5.74) is 1.92. The molecule has 0 spiro atoms. The largest absolute Gasteiger partial charge is 0.491 e. The zero-order valence-corrected chi connectivity index (χ0v) is 22.0. The molecule has 0 fully saturated rings. The molecular formula is C27H39N5O4. The zero-order valence-electron chi connectivity index (χ0n) is 22.0. The average molecular weight is 498 g/mol. The number of carbonyl (C=O) groups excluding carboxylic acids is 2. The second kappa shape index (κ2) is 13.2. The molecule has 0 unspecified atom stereocenters. The van der Waals surface area contributed by atoms with Crippen molar-refractivity contribution in [2.45, 2.75) is 45.9 Å². The molecule has 1 aliphatic rings. The van der Waals surface area contributed by atoms with E-state index in [1.165, 1.54) is 0 Å². The molecule has 9 nitrogen and oxygen atoms in total. The van der Waals surface area contributed by atoms with Gasteiger partial charge in [-0.3, -0.25) is 14.7 Å². The highest BCUT2D eigenvalue weighted by atomic mass is 16.5. The van der Waals surface area contributed by atoms with Gasteiger partial charge in [-0.2, -0.15) is 0 Å². The van der Waals surface area contributed by atoms with E-state index in [4.69, 9.17) is 9.47 Å². The molecule has 0 bridgehead atoms. The highest BCUT2D eigenvalue weighted by Gasteiger charge is 2.28. The molecule has 0 aliphatic carbocycles. The van der Waals surface area contributed by atoms with Crippen LogP contribution in [0.4, 0.5) is 10.5 Å². The quantitative estimate of drug-likeness (QED) is 0.633. The predicted molar refractivity (Wildman–Crippen MR) is 140 cm³/mol. The summed E-state index contributed by atoms with van der Waals surface area (Å²) in [6, 6.07) is 10.8. The maximum atomic E-state index is 13.5. The van der Waals surface area contributed by atoms with Crippen molar-refractivity contribution in [3.63, 3.8) is 0 Å². The topological polar surface area (TPSA) is 96.0 Å². The summed E-state index contributed by atoms with van der Waals surface area (Å²) >= 11 is 0. The molecule has 2 N–H and O–H groups in total. The number of hydrogen-bond donors (Lipinski definition) is 2. The fourth-order valence-corrected chi connectivity index (χ4v) is 4.26. The summed E-state index contributed by atoms with van der Waals surface area (Å²) in [5.74, 6) is 0.458. The van der Waals surface area contributed by atoms with Crippen LogP contribution in [0.3, 0.4) is 0 Å². The van der Waals surface area contributed by atoms with Gasteiger partial charge in [0.2, 0.25) is 0 Å². The van der Waals surface area contributed by atoms with E-state index < -0.39 is 0 Å². The van der Waals surface area contributed by atoms with Crippen LogP contribution in [0.5, 0.6) is 5.75 Å². The first-order valence-electron chi connectivity index (χ1n) is 12.6. The fraction of sp³-hybridized carbons (Fsp3) is 0.519. The summed E-state index contributed by atoms with van der Waals surface area (Å²) in [5, 5.41) is 5.58. The summed E-state index contributed by atoms with van der Waals surface area (Å²) in [4.78, 5) is 34.1. The maximum absolute atomic E-state index is 13.5. The Labute approximate surface area is 214 Å². The van der Waals surface area contributed by atoms with E-state index in [0.29, 0.717) is 43.2 Å². The van der Waals surface area contributed by atoms with E-state index in [1.54, 1.807) is 43.5 Å². The first-order chi connectivity index (χ1) is 17.3. The number of anilines is 1. The van der Waals surface area contributed by atoms with Gasteiger partial charge in [0.1, 0.15) is 12.4 Å². The Morgan fingerprint density at radius 3 is 2.72 bits per heavy atom. The summed E-state index contributed by atoms with van der Waals surface area (Å²) in [7, 11) is 3.45. The lowest BCUT2D eigenvalue weighted by molar-refractivity contribution is 0.00901. The number of ether oxygens (including phenoxy) is 2. The van der Waals surface area contributed by atoms with Gasteiger partial charge in [-0.05, 0) is 49.6 Å². The number of pyridine rings is 1. The number of carbonyl (C=O) groups is 2. The first kappa shape index (κ1) is 27.4. The Hall–Kier alpha value is -3.17. The molecule has 0 radical (unpaired) electrons. The molecular weight excluding hydrogens is 458 g/mol. The van der Waals surface area contributed by atoms with Crippen LogP contribution >= 0.6 is 0 Å². The van der Waals surface area contributed by atoms with Gasteiger partial charge in [-0.25, -0.2) is 4.79 Å². The van der Waals surface area contributed by atoms with E-state index in [1.807, 2.05) is 25.1 Å². The number of rotatable bonds is 6. The average Bonchev–Trinajstić information content (AvgIpc) is 2.88. The highest BCUT2D eigenvalue weighted by Crippen LogP contribution is 2.26. The number of amides is 3. The monoisotopic (exact) mass is 497 g/mol. The van der Waals surface area contributed by atoms with E-state index >= 15 is 0 Å². The predicted octanol–water partition coefficient (Wildman–Crippen LogP) is 3.62. The molecule has 2 aromatic rings. The third-order valence-corrected chi connectivity index (χ3v) is 6.46. The van der Waals surface area contributed by atoms with Crippen molar-refractivity contribution in [3.05, 3.63) is 53.9 Å². The fourth-order valence-electron chi connectivity index (χ4n) is 4.26. The maximum Gasteiger partial charge on any atom is 0.319 e. The van der Waals surface area contributed by atoms with Crippen LogP contribution in [0.2, 0.25) is 0 Å². The van der Waals surface area contributed by atoms with Gasteiger partial charge in [-0.15, -0.1) is 0 Å². The van der Waals surface area contributed by atoms with Gasteiger partial charge in [0.25, 0.3) is 5.91 Å². The third-order valence-electron chi connectivity index (χ3n) is 6.46. The molecule has 1 aliphatic heterocycles. The molecule has 0 saturated carbocycles. The molecule has 1 aromatic heterocycles. The Balaban J connectivity index is 1.89. The smallest absolute Gasteiger partial charge is 0.319 e. The van der Waals surface area contributed by atoms with Crippen LogP contribution < -0.4 is 15.4 Å². The van der Waals surface area contributed by atoms with Gasteiger partial charge in [0, 0.05) is 58.3 Å². The molecule has 3 atom stereocenters. The lowest BCUT2D eigenvalue weighted by Crippen LogP contribution is -2.46. The number of hydrogen-bond acceptors (Lipinski definition) is 6. The van der Waals surface area contributed by atoms with Gasteiger partial charge < -0.3 is 25.0 Å². The number of likely N-dealkylation sites (N-methyl/N-ethyl adjacent to an activating group) is 1. The second-order valence-electron chi connectivity index (χ2n) is 9.44. The second-order valence-corrected chi connectivity index (χ2v) is 9.44. The van der Waals surface area contributed by atoms with Crippen molar-refractivity contribution >= 4 is 17.6 Å². The summed E-state index contributed by atoms with van der Waals surface area (Å²) in [6.45, 7) is 9.09. The summed E-state index contributed by atoms with van der Waals surface area (Å²) < 4.78 is 12.0. The van der Waals surface area contributed by atoms with Crippen molar-refractivity contribution in [2.24, 2.45) is 5.92 Å². The molecule has 196 valence electrons. The Kier molecular flexibility index (Phi) is 10.1. The molecule has 2 heterocycles. The molecule has 3 rings (SSSR count). The van der Waals surface area contributed by atoms with E-state index in [-0.39, 0.29) is 30.0 Å². The Bertz CT molecular complexity index is 1000. The minimum atomic E-state index is -0.307. The number of nitrogens with zero attached hydrogens (tertiary/aromatic N) is 3. The van der Waals surface area contributed by atoms with Crippen molar-refractivity contribution in [2.75, 3.05) is 45.7 Å². The number of benzene rings is 1. The normalized spacial score (nSPS) is 21.5. The number of nitrogens with one attached hydrogen (secondary N) is 2. The van der Waals surface area contributed by atoms with Gasteiger partial charge >= 0.3 is 6.03 Å². The highest BCUT2D eigenvalue weighted by molar-refractivity contribution is 5.99. The molecule has 3 amide bonds. The summed E-state index contributed by atoms with van der Waals surface area (Å²) in [6.07, 6.45) is 2.49. The zero-order chi connectivity index (χ0) is 26.1. The lowest BCUT2D eigenvalue weighted by Gasteiger charge is -2.35. The van der Waals surface area contributed by atoms with Crippen molar-refractivity contribution in [1.82, 2.24) is 20.1 Å². The van der Waals surface area contributed by atoms with Crippen molar-refractivity contribution in [3.8, 4) is 5.75 Å². The standard InChI is InChI=1S/C27H39N5O4/c1-6-12-29-27(34)30-21-10-11-24-23(14-21)26(33)31(4)17-25(35-5)19(2)15-32(20(3)18-36-24)16-22-9-7-8-13-28-22/h7-11,13-14,19-20,25H,6,12,15-18H2,1-5H3,(H2,29,30,34)/t19-,20-,25-/m0/s1. The number of aromatic nitrogens is 1. The lowest BCUT2D eigenvalue weighted by atomic mass is 10.0. The van der Waals surface area contributed by atoms with E-state index in [9.17, 15) is 9.59 Å². The van der Waals surface area contributed by atoms with Crippen LogP contribution in [-0.2, 0) is 11.3 Å². The Morgan fingerprint density at radius 2 is 2.03 bits per heavy atom. The molecule has 36 heavy (non-hydrogen) atoms. The van der Waals surface area contributed by atoms with E-state index in [2.05, 4.69) is 34.4 Å².